The van der Waals surface area contributed by atoms with Gasteiger partial charge in [-0.05, 0) is 26.8 Å². The molecule has 0 aromatic heterocycles. The van der Waals surface area contributed by atoms with E-state index in [1.54, 1.807) is 18.9 Å². The van der Waals surface area contributed by atoms with Gasteiger partial charge in [0.2, 0.25) is 0 Å². The molecule has 0 saturated carbocycles. The molecular formula is C19H41NO2. The van der Waals surface area contributed by atoms with Crippen LogP contribution in [-0.2, 0) is 0 Å². The molecular weight excluding hydrogens is 274 g/mol. The SMILES string of the molecule is CCCCCCCCCCCCCCCC(O)N(C)C(C)O. The molecule has 0 aliphatic carbocycles. The lowest BCUT2D eigenvalue weighted by atomic mass is 10.0. The van der Waals surface area contributed by atoms with Gasteiger partial charge in [-0.25, -0.2) is 0 Å². The molecule has 0 fully saturated rings. The number of hydrogen-bond acceptors (Lipinski definition) is 3. The zero-order valence-electron chi connectivity index (χ0n) is 15.4. The maximum atomic E-state index is 9.83. The van der Waals surface area contributed by atoms with Gasteiger partial charge in [-0.15, -0.1) is 0 Å². The molecule has 2 atom stereocenters. The molecule has 0 rings (SSSR count). The maximum absolute atomic E-state index is 9.83. The summed E-state index contributed by atoms with van der Waals surface area (Å²) in [5, 5.41) is 19.2. The van der Waals surface area contributed by atoms with Crippen LogP contribution >= 0.6 is 0 Å². The first-order valence-corrected chi connectivity index (χ1v) is 9.67. The van der Waals surface area contributed by atoms with Gasteiger partial charge >= 0.3 is 0 Å². The van der Waals surface area contributed by atoms with Crippen LogP contribution in [0.25, 0.3) is 0 Å². The van der Waals surface area contributed by atoms with Gasteiger partial charge in [0.25, 0.3) is 0 Å². The topological polar surface area (TPSA) is 43.7 Å². The van der Waals surface area contributed by atoms with Gasteiger partial charge in [-0.2, -0.15) is 0 Å². The van der Waals surface area contributed by atoms with Crippen LogP contribution in [0, 0.1) is 0 Å². The molecule has 22 heavy (non-hydrogen) atoms. The van der Waals surface area contributed by atoms with Crippen molar-refractivity contribution in [1.82, 2.24) is 4.90 Å². The molecule has 3 nitrogen and oxygen atoms in total. The molecule has 0 heterocycles. The fourth-order valence-electron chi connectivity index (χ4n) is 2.80. The Bertz CT molecular complexity index is 221. The molecule has 0 aromatic rings. The van der Waals surface area contributed by atoms with E-state index in [2.05, 4.69) is 6.92 Å². The molecule has 0 aliphatic heterocycles. The summed E-state index contributed by atoms with van der Waals surface area (Å²) in [6, 6.07) is 0. The predicted octanol–water partition coefficient (Wildman–Crippen LogP) is 5.06. The summed E-state index contributed by atoms with van der Waals surface area (Å²) in [6.45, 7) is 3.96. The smallest absolute Gasteiger partial charge is 0.109 e. The Kier molecular flexibility index (Phi) is 15.7. The Morgan fingerprint density at radius 1 is 0.682 bits per heavy atom. The molecule has 0 aliphatic rings. The van der Waals surface area contributed by atoms with Crippen LogP contribution in [0.4, 0.5) is 0 Å². The van der Waals surface area contributed by atoms with Crippen LogP contribution in [-0.4, -0.2) is 34.6 Å². The number of aliphatic hydroxyl groups is 2. The van der Waals surface area contributed by atoms with Gasteiger partial charge in [-0.1, -0.05) is 84.0 Å². The average molecular weight is 316 g/mol. The summed E-state index contributed by atoms with van der Waals surface area (Å²) in [7, 11) is 1.76. The van der Waals surface area contributed by atoms with Crippen LogP contribution in [0.2, 0.25) is 0 Å². The quantitative estimate of drug-likeness (QED) is 0.309. The maximum Gasteiger partial charge on any atom is 0.109 e. The van der Waals surface area contributed by atoms with E-state index < -0.39 is 12.5 Å². The number of hydrogen-bond donors (Lipinski definition) is 2. The Morgan fingerprint density at radius 3 is 1.41 bits per heavy atom. The normalized spacial score (nSPS) is 14.5. The van der Waals surface area contributed by atoms with E-state index >= 15 is 0 Å². The van der Waals surface area contributed by atoms with Crippen molar-refractivity contribution < 1.29 is 10.2 Å². The highest BCUT2D eigenvalue weighted by Gasteiger charge is 2.14. The molecule has 2 unspecified atom stereocenters. The molecule has 0 aromatic carbocycles. The summed E-state index contributed by atoms with van der Waals surface area (Å²) < 4.78 is 0. The first-order chi connectivity index (χ1) is 10.6. The second kappa shape index (κ2) is 15.8. The molecule has 0 spiro atoms. The fraction of sp³-hybridized carbons (Fsp3) is 1.00. The summed E-state index contributed by atoms with van der Waals surface area (Å²) in [4.78, 5) is 1.61. The van der Waals surface area contributed by atoms with Crippen molar-refractivity contribution in [1.29, 1.82) is 0 Å². The van der Waals surface area contributed by atoms with Crippen LogP contribution in [0.5, 0.6) is 0 Å². The highest BCUT2D eigenvalue weighted by Crippen LogP contribution is 2.14. The Balaban J connectivity index is 3.17. The number of unbranched alkanes of at least 4 members (excludes halogenated alkanes) is 12. The largest absolute Gasteiger partial charge is 0.379 e. The number of aliphatic hydroxyl groups excluding tert-OH is 2. The summed E-state index contributed by atoms with van der Waals surface area (Å²) in [6.07, 6.45) is 17.1. The number of rotatable bonds is 16. The molecule has 0 radical (unpaired) electrons. The Labute approximate surface area is 139 Å². The molecule has 134 valence electrons. The minimum Gasteiger partial charge on any atom is -0.379 e. The first kappa shape index (κ1) is 21.9. The van der Waals surface area contributed by atoms with Gasteiger partial charge in [0.1, 0.15) is 12.5 Å². The molecule has 3 heteroatoms. The Hall–Kier alpha value is -0.120. The van der Waals surface area contributed by atoms with Crippen molar-refractivity contribution in [3.05, 3.63) is 0 Å². The highest BCUT2D eigenvalue weighted by atomic mass is 16.3. The number of nitrogens with zero attached hydrogens (tertiary/aromatic N) is 1. The standard InChI is InChI=1S/C19H41NO2/c1-4-5-6-7-8-9-10-11-12-13-14-15-16-17-19(22)20(3)18(2)21/h18-19,21-22H,4-17H2,1-3H3. The lowest BCUT2D eigenvalue weighted by molar-refractivity contribution is -0.0801. The third-order valence-electron chi connectivity index (χ3n) is 4.63. The zero-order chi connectivity index (χ0) is 16.6. The van der Waals surface area contributed by atoms with Crippen LogP contribution in [0.1, 0.15) is 104 Å². The second-order valence-corrected chi connectivity index (χ2v) is 6.81. The first-order valence-electron chi connectivity index (χ1n) is 9.67. The van der Waals surface area contributed by atoms with E-state index in [1.807, 2.05) is 0 Å². The zero-order valence-corrected chi connectivity index (χ0v) is 15.4. The van der Waals surface area contributed by atoms with Crippen molar-refractivity contribution in [3.63, 3.8) is 0 Å². The summed E-state index contributed by atoms with van der Waals surface area (Å²) >= 11 is 0. The van der Waals surface area contributed by atoms with Crippen LogP contribution in [0.15, 0.2) is 0 Å². The lowest BCUT2D eigenvalue weighted by Crippen LogP contribution is -2.38. The van der Waals surface area contributed by atoms with Gasteiger partial charge in [0.15, 0.2) is 0 Å². The van der Waals surface area contributed by atoms with E-state index in [-0.39, 0.29) is 0 Å². The lowest BCUT2D eigenvalue weighted by Gasteiger charge is -2.25. The third-order valence-corrected chi connectivity index (χ3v) is 4.63. The van der Waals surface area contributed by atoms with Crippen LogP contribution < -0.4 is 0 Å². The minimum absolute atomic E-state index is 0.507. The molecule has 0 amide bonds. The average Bonchev–Trinajstić information content (AvgIpc) is 2.50. The van der Waals surface area contributed by atoms with Crippen molar-refractivity contribution in [2.24, 2.45) is 0 Å². The monoisotopic (exact) mass is 315 g/mol. The van der Waals surface area contributed by atoms with Gasteiger partial charge < -0.3 is 10.2 Å². The second-order valence-electron chi connectivity index (χ2n) is 6.81. The Morgan fingerprint density at radius 2 is 1.05 bits per heavy atom. The summed E-state index contributed by atoms with van der Waals surface area (Å²) in [5.74, 6) is 0. The van der Waals surface area contributed by atoms with Crippen molar-refractivity contribution in [2.45, 2.75) is 116 Å². The molecule has 0 saturated heterocycles. The minimum atomic E-state index is -0.572. The predicted molar refractivity (Wildman–Crippen MR) is 95.8 cm³/mol. The van der Waals surface area contributed by atoms with Gasteiger partial charge in [0.05, 0.1) is 0 Å². The molecule has 0 bridgehead atoms. The van der Waals surface area contributed by atoms with E-state index in [0.29, 0.717) is 0 Å². The van der Waals surface area contributed by atoms with E-state index in [1.165, 1.54) is 77.0 Å². The van der Waals surface area contributed by atoms with Crippen molar-refractivity contribution in [3.8, 4) is 0 Å². The van der Waals surface area contributed by atoms with Gasteiger partial charge in [-0.3, -0.25) is 4.90 Å². The van der Waals surface area contributed by atoms with Crippen molar-refractivity contribution in [2.75, 3.05) is 7.05 Å². The summed E-state index contributed by atoms with van der Waals surface area (Å²) in [5.41, 5.74) is 0. The van der Waals surface area contributed by atoms with E-state index in [9.17, 15) is 10.2 Å². The third kappa shape index (κ3) is 13.5. The van der Waals surface area contributed by atoms with E-state index in [0.717, 1.165) is 12.8 Å². The van der Waals surface area contributed by atoms with E-state index in [4.69, 9.17) is 0 Å². The van der Waals surface area contributed by atoms with Crippen LogP contribution in [0.3, 0.4) is 0 Å². The van der Waals surface area contributed by atoms with Gasteiger partial charge in [0, 0.05) is 0 Å². The highest BCUT2D eigenvalue weighted by molar-refractivity contribution is 4.58. The molecule has 2 N–H and O–H groups in total. The fourth-order valence-corrected chi connectivity index (χ4v) is 2.80. The van der Waals surface area contributed by atoms with Crippen molar-refractivity contribution >= 4 is 0 Å².